The molecule has 0 heterocycles. The van der Waals surface area contributed by atoms with Crippen molar-refractivity contribution < 1.29 is 22.7 Å². The standard InChI is InChI=1S/C21H27F3N4O2/c1-4-26-13-5-6-16(2)7-12-19(21(22,23)24)28(25)18-10-8-17(9-11-18)20(29)27-14-15-30-3/h4-6,8-13H,7,14-15,25H2,1-3H3,(H,27,29)/b13-5-,16-6+,19-12-,26-4?. The summed E-state index contributed by atoms with van der Waals surface area (Å²) in [6.07, 6.45) is 2.90. The molecule has 6 nitrogen and oxygen atoms in total. The Morgan fingerprint density at radius 2 is 1.97 bits per heavy atom. The number of allylic oxidation sites excluding steroid dienone is 5. The molecule has 0 unspecified atom stereocenters. The Bertz CT molecular complexity index is 797. The predicted octanol–water partition coefficient (Wildman–Crippen LogP) is 4.13. The van der Waals surface area contributed by atoms with Gasteiger partial charge < -0.3 is 10.1 Å². The van der Waals surface area contributed by atoms with E-state index in [0.29, 0.717) is 29.3 Å². The number of rotatable bonds is 10. The quantitative estimate of drug-likeness (QED) is 0.195. The number of amides is 1. The van der Waals surface area contributed by atoms with E-state index in [-0.39, 0.29) is 18.0 Å². The molecule has 0 bridgehead atoms. The van der Waals surface area contributed by atoms with Gasteiger partial charge in [0.25, 0.3) is 5.91 Å². The summed E-state index contributed by atoms with van der Waals surface area (Å²) in [6.45, 7) is 4.15. The van der Waals surface area contributed by atoms with E-state index in [4.69, 9.17) is 10.6 Å². The highest BCUT2D eigenvalue weighted by Gasteiger charge is 2.37. The van der Waals surface area contributed by atoms with Gasteiger partial charge >= 0.3 is 6.18 Å². The van der Waals surface area contributed by atoms with E-state index in [0.717, 1.165) is 6.08 Å². The van der Waals surface area contributed by atoms with Crippen molar-refractivity contribution in [2.75, 3.05) is 25.3 Å². The number of carbonyl (C=O) groups is 1. The highest BCUT2D eigenvalue weighted by Crippen LogP contribution is 2.31. The maximum atomic E-state index is 13.5. The zero-order chi connectivity index (χ0) is 22.6. The Morgan fingerprint density at radius 3 is 2.53 bits per heavy atom. The number of hydrogen-bond acceptors (Lipinski definition) is 5. The Labute approximate surface area is 174 Å². The molecule has 0 atom stereocenters. The smallest absolute Gasteiger partial charge is 0.383 e. The Kier molecular flexibility index (Phi) is 10.6. The summed E-state index contributed by atoms with van der Waals surface area (Å²) in [5.41, 5.74) is 0.116. The lowest BCUT2D eigenvalue weighted by molar-refractivity contribution is -0.0936. The summed E-state index contributed by atoms with van der Waals surface area (Å²) in [5.74, 6) is 5.40. The van der Waals surface area contributed by atoms with Crippen LogP contribution in [0.1, 0.15) is 30.6 Å². The normalized spacial score (nSPS) is 13.3. The van der Waals surface area contributed by atoms with E-state index in [2.05, 4.69) is 10.3 Å². The van der Waals surface area contributed by atoms with Crippen molar-refractivity contribution in [2.45, 2.75) is 26.4 Å². The average molecular weight is 424 g/mol. The number of methoxy groups -OCH3 is 1. The fraction of sp³-hybridized carbons (Fsp3) is 0.333. The molecule has 0 saturated carbocycles. The second-order valence-corrected chi connectivity index (χ2v) is 6.22. The molecule has 0 aliphatic carbocycles. The van der Waals surface area contributed by atoms with Crippen LogP contribution < -0.4 is 16.2 Å². The molecule has 0 aromatic heterocycles. The largest absolute Gasteiger partial charge is 0.432 e. The first-order valence-electron chi connectivity index (χ1n) is 9.20. The number of hydrazine groups is 1. The highest BCUT2D eigenvalue weighted by molar-refractivity contribution is 5.94. The number of hydrogen-bond donors (Lipinski definition) is 2. The highest BCUT2D eigenvalue weighted by atomic mass is 19.4. The van der Waals surface area contributed by atoms with Crippen LogP contribution in [0, 0.1) is 0 Å². The van der Waals surface area contributed by atoms with Crippen LogP contribution >= 0.6 is 0 Å². The van der Waals surface area contributed by atoms with Gasteiger partial charge in [-0.2, -0.15) is 13.2 Å². The minimum Gasteiger partial charge on any atom is -0.383 e. The lowest BCUT2D eigenvalue weighted by Crippen LogP contribution is -2.37. The van der Waals surface area contributed by atoms with Gasteiger partial charge in [0.1, 0.15) is 5.70 Å². The van der Waals surface area contributed by atoms with Crippen LogP contribution in [0.15, 0.2) is 65.0 Å². The summed E-state index contributed by atoms with van der Waals surface area (Å²) in [7, 11) is 1.51. The van der Waals surface area contributed by atoms with E-state index in [1.165, 1.54) is 31.4 Å². The van der Waals surface area contributed by atoms with Gasteiger partial charge in [0, 0.05) is 31.6 Å². The van der Waals surface area contributed by atoms with Crippen LogP contribution in [0.4, 0.5) is 18.9 Å². The van der Waals surface area contributed by atoms with Crippen LogP contribution in [0.5, 0.6) is 0 Å². The minimum atomic E-state index is -4.65. The van der Waals surface area contributed by atoms with Gasteiger partial charge in [-0.1, -0.05) is 17.7 Å². The molecule has 1 aromatic carbocycles. The average Bonchev–Trinajstić information content (AvgIpc) is 2.70. The van der Waals surface area contributed by atoms with Crippen molar-refractivity contribution in [1.29, 1.82) is 0 Å². The van der Waals surface area contributed by atoms with E-state index < -0.39 is 11.9 Å². The van der Waals surface area contributed by atoms with Gasteiger partial charge in [0.15, 0.2) is 0 Å². The zero-order valence-electron chi connectivity index (χ0n) is 17.2. The summed E-state index contributed by atoms with van der Waals surface area (Å²) < 4.78 is 45.4. The van der Waals surface area contributed by atoms with Gasteiger partial charge in [-0.3, -0.25) is 14.8 Å². The number of anilines is 1. The number of alkyl halides is 3. The molecule has 0 aliphatic rings. The lowest BCUT2D eigenvalue weighted by atomic mass is 10.1. The van der Waals surface area contributed by atoms with Crippen LogP contribution in [0.3, 0.4) is 0 Å². The first-order chi connectivity index (χ1) is 14.2. The third-order valence-electron chi connectivity index (χ3n) is 3.87. The molecule has 9 heteroatoms. The first-order valence-corrected chi connectivity index (χ1v) is 9.20. The fourth-order valence-corrected chi connectivity index (χ4v) is 2.30. The third-order valence-corrected chi connectivity index (χ3v) is 3.87. The molecular weight excluding hydrogens is 397 g/mol. The minimum absolute atomic E-state index is 0.0582. The molecule has 1 amide bonds. The number of nitrogens with two attached hydrogens (primary N) is 1. The van der Waals surface area contributed by atoms with E-state index in [1.807, 2.05) is 0 Å². The van der Waals surface area contributed by atoms with Crippen LogP contribution in [-0.2, 0) is 4.74 Å². The van der Waals surface area contributed by atoms with E-state index in [1.54, 1.807) is 38.4 Å². The molecule has 164 valence electrons. The monoisotopic (exact) mass is 424 g/mol. The maximum absolute atomic E-state index is 13.5. The second kappa shape index (κ2) is 12.6. The van der Waals surface area contributed by atoms with Crippen LogP contribution in [0.2, 0.25) is 0 Å². The number of carbonyl (C=O) groups excluding carboxylic acids is 1. The van der Waals surface area contributed by atoms with E-state index >= 15 is 0 Å². The number of aliphatic imine (C=N–C) groups is 1. The molecule has 0 saturated heterocycles. The van der Waals surface area contributed by atoms with Crippen molar-refractivity contribution in [1.82, 2.24) is 5.32 Å². The maximum Gasteiger partial charge on any atom is 0.432 e. The lowest BCUT2D eigenvalue weighted by Gasteiger charge is -2.24. The number of ether oxygens (including phenoxy) is 1. The van der Waals surface area contributed by atoms with Crippen LogP contribution in [-0.4, -0.2) is 38.6 Å². The van der Waals surface area contributed by atoms with Gasteiger partial charge in [-0.05, 0) is 50.6 Å². The fourth-order valence-electron chi connectivity index (χ4n) is 2.30. The molecular formula is C21H27F3N4O2. The Morgan fingerprint density at radius 1 is 1.30 bits per heavy atom. The van der Waals surface area contributed by atoms with Crippen molar-refractivity contribution in [3.63, 3.8) is 0 Å². The molecule has 1 aromatic rings. The van der Waals surface area contributed by atoms with Gasteiger partial charge in [-0.25, -0.2) is 5.84 Å². The summed E-state index contributed by atoms with van der Waals surface area (Å²) >= 11 is 0. The number of nitrogens with one attached hydrogen (secondary N) is 1. The van der Waals surface area contributed by atoms with E-state index in [9.17, 15) is 18.0 Å². The second-order valence-electron chi connectivity index (χ2n) is 6.22. The molecule has 0 radical (unpaired) electrons. The van der Waals surface area contributed by atoms with Gasteiger partial charge in [-0.15, -0.1) is 0 Å². The van der Waals surface area contributed by atoms with Gasteiger partial charge in [0.2, 0.25) is 0 Å². The molecule has 30 heavy (non-hydrogen) atoms. The molecule has 1 rings (SSSR count). The van der Waals surface area contributed by atoms with Crippen molar-refractivity contribution in [2.24, 2.45) is 10.8 Å². The van der Waals surface area contributed by atoms with Crippen molar-refractivity contribution in [3.8, 4) is 0 Å². The SMILES string of the molecule is CC=N/C=C\C=C(/C)C/C=C(\N(N)c1ccc(C(=O)NCCOC)cc1)C(F)(F)F. The summed E-state index contributed by atoms with van der Waals surface area (Å²) in [4.78, 5) is 15.9. The Hall–Kier alpha value is -2.91. The molecule has 0 aliphatic heterocycles. The zero-order valence-corrected chi connectivity index (χ0v) is 17.2. The molecule has 0 spiro atoms. The predicted molar refractivity (Wildman–Crippen MR) is 113 cm³/mol. The van der Waals surface area contributed by atoms with Crippen molar-refractivity contribution in [3.05, 3.63) is 65.5 Å². The topological polar surface area (TPSA) is 80.0 Å². The molecule has 0 fully saturated rings. The summed E-state index contributed by atoms with van der Waals surface area (Å²) in [6, 6.07) is 5.54. The van der Waals surface area contributed by atoms with Crippen molar-refractivity contribution >= 4 is 17.8 Å². The third kappa shape index (κ3) is 8.62. The number of halogens is 3. The number of nitrogens with zero attached hydrogens (tertiary/aromatic N) is 2. The van der Waals surface area contributed by atoms with Crippen LogP contribution in [0.25, 0.3) is 0 Å². The van der Waals surface area contributed by atoms with Gasteiger partial charge in [0.05, 0.1) is 12.3 Å². The number of benzene rings is 1. The first kappa shape index (κ1) is 25.1. The molecule has 3 N–H and O–H groups in total. The summed E-state index contributed by atoms with van der Waals surface area (Å²) in [5, 5.41) is 3.20. The Balaban J connectivity index is 2.95.